The largest absolute Gasteiger partial charge is 0.453 e. The maximum atomic E-state index is 12.4. The van der Waals surface area contributed by atoms with Crippen LogP contribution < -0.4 is 5.32 Å². The number of hydrogen-bond donors (Lipinski definition) is 1. The number of nitrogens with zero attached hydrogens (tertiary/aromatic N) is 3. The quantitative estimate of drug-likeness (QED) is 0.317. The van der Waals surface area contributed by atoms with Gasteiger partial charge in [0, 0.05) is 27.1 Å². The highest BCUT2D eigenvalue weighted by atomic mass is 79.9. The number of rotatable bonds is 6. The molecule has 0 aliphatic carbocycles. The van der Waals surface area contributed by atoms with E-state index in [4.69, 9.17) is 16.0 Å². The average molecular weight is 506 g/mol. The van der Waals surface area contributed by atoms with E-state index >= 15 is 0 Å². The first-order valence-corrected chi connectivity index (χ1v) is 11.4. The van der Waals surface area contributed by atoms with E-state index in [0.717, 1.165) is 21.0 Å². The Labute approximate surface area is 191 Å². The second kappa shape index (κ2) is 8.83. The maximum Gasteiger partial charge on any atom is 0.234 e. The number of aromatic nitrogens is 3. The van der Waals surface area contributed by atoms with E-state index in [0.29, 0.717) is 34.0 Å². The molecule has 1 amide bonds. The molecule has 6 nitrogen and oxygen atoms in total. The summed E-state index contributed by atoms with van der Waals surface area (Å²) in [7, 11) is 0. The van der Waals surface area contributed by atoms with Crippen LogP contribution in [0.1, 0.15) is 12.5 Å². The second-order valence-electron chi connectivity index (χ2n) is 6.59. The molecule has 0 saturated carbocycles. The van der Waals surface area contributed by atoms with Crippen molar-refractivity contribution in [1.29, 1.82) is 0 Å². The van der Waals surface area contributed by atoms with Gasteiger partial charge in [0.25, 0.3) is 0 Å². The minimum Gasteiger partial charge on any atom is -0.453 e. The van der Waals surface area contributed by atoms with Crippen LogP contribution in [0.5, 0.6) is 0 Å². The van der Waals surface area contributed by atoms with Gasteiger partial charge < -0.3 is 9.73 Å². The van der Waals surface area contributed by atoms with E-state index in [1.54, 1.807) is 6.07 Å². The van der Waals surface area contributed by atoms with Gasteiger partial charge in [0.2, 0.25) is 11.7 Å². The number of amides is 1. The predicted molar refractivity (Wildman–Crippen MR) is 124 cm³/mol. The highest BCUT2D eigenvalue weighted by Gasteiger charge is 2.18. The number of furan rings is 1. The monoisotopic (exact) mass is 504 g/mol. The maximum absolute atomic E-state index is 12.4. The zero-order valence-electron chi connectivity index (χ0n) is 16.3. The Kier molecular flexibility index (Phi) is 6.17. The fourth-order valence-corrected chi connectivity index (χ4v) is 4.40. The first-order chi connectivity index (χ1) is 14.5. The molecule has 0 radical (unpaired) electrons. The van der Waals surface area contributed by atoms with Crippen molar-refractivity contribution >= 4 is 61.9 Å². The number of benzene rings is 2. The molecule has 0 spiro atoms. The molecule has 0 aliphatic heterocycles. The molecule has 9 heteroatoms. The van der Waals surface area contributed by atoms with Crippen LogP contribution in [-0.4, -0.2) is 26.4 Å². The summed E-state index contributed by atoms with van der Waals surface area (Å²) in [6, 6.07) is 13.2. The van der Waals surface area contributed by atoms with Gasteiger partial charge in [0.15, 0.2) is 10.9 Å². The summed E-state index contributed by atoms with van der Waals surface area (Å²) in [6.07, 6.45) is 0. The highest BCUT2D eigenvalue weighted by Crippen LogP contribution is 2.31. The van der Waals surface area contributed by atoms with E-state index < -0.39 is 0 Å². The molecule has 30 heavy (non-hydrogen) atoms. The number of nitrogens with one attached hydrogen (secondary N) is 1. The summed E-state index contributed by atoms with van der Waals surface area (Å²) in [5.41, 5.74) is 2.33. The van der Waals surface area contributed by atoms with Crippen molar-refractivity contribution in [3.8, 4) is 11.6 Å². The topological polar surface area (TPSA) is 73.0 Å². The molecule has 2 heterocycles. The molecular weight excluding hydrogens is 488 g/mol. The van der Waals surface area contributed by atoms with E-state index in [1.807, 2.05) is 54.8 Å². The molecule has 2 aromatic heterocycles. The van der Waals surface area contributed by atoms with Gasteiger partial charge in [0.1, 0.15) is 5.58 Å². The lowest BCUT2D eigenvalue weighted by molar-refractivity contribution is -0.113. The standard InChI is InChI=1S/C21H18BrClN4O2S/c1-3-27-20(18-10-13-9-14(22)7-8-17(13)29-18)25-26-21(27)30-11-19(28)24-16-6-4-5-15(23)12(16)2/h4-10H,3,11H2,1-2H3,(H,24,28). The predicted octanol–water partition coefficient (Wildman–Crippen LogP) is 6.17. The molecule has 0 bridgehead atoms. The Morgan fingerprint density at radius 2 is 2.10 bits per heavy atom. The Morgan fingerprint density at radius 1 is 1.27 bits per heavy atom. The Bertz CT molecular complexity index is 1240. The van der Waals surface area contributed by atoms with E-state index in [9.17, 15) is 4.79 Å². The van der Waals surface area contributed by atoms with Crippen molar-refractivity contribution in [2.75, 3.05) is 11.1 Å². The molecule has 0 fully saturated rings. The normalized spacial score (nSPS) is 11.2. The van der Waals surface area contributed by atoms with Crippen LogP contribution in [0, 0.1) is 6.92 Å². The number of hydrogen-bond acceptors (Lipinski definition) is 5. The molecule has 2 aromatic carbocycles. The van der Waals surface area contributed by atoms with Crippen molar-refractivity contribution in [3.63, 3.8) is 0 Å². The SMILES string of the molecule is CCn1c(SCC(=O)Nc2cccc(Cl)c2C)nnc1-c1cc2cc(Br)ccc2o1. The van der Waals surface area contributed by atoms with Crippen molar-refractivity contribution < 1.29 is 9.21 Å². The summed E-state index contributed by atoms with van der Waals surface area (Å²) in [5.74, 6) is 1.35. The lowest BCUT2D eigenvalue weighted by Crippen LogP contribution is -2.15. The third kappa shape index (κ3) is 4.26. The molecule has 0 atom stereocenters. The zero-order valence-corrected chi connectivity index (χ0v) is 19.4. The third-order valence-corrected chi connectivity index (χ3v) is 6.48. The van der Waals surface area contributed by atoms with Crippen LogP contribution in [-0.2, 0) is 11.3 Å². The number of carbonyl (C=O) groups excluding carboxylic acids is 1. The lowest BCUT2D eigenvalue weighted by Gasteiger charge is -2.09. The van der Waals surface area contributed by atoms with E-state index in [2.05, 4.69) is 31.4 Å². The van der Waals surface area contributed by atoms with Crippen LogP contribution in [0.3, 0.4) is 0 Å². The highest BCUT2D eigenvalue weighted by molar-refractivity contribution is 9.10. The fraction of sp³-hybridized carbons (Fsp3) is 0.190. The van der Waals surface area contributed by atoms with E-state index in [-0.39, 0.29) is 11.7 Å². The first kappa shape index (κ1) is 21.0. The number of fused-ring (bicyclic) bond motifs is 1. The minimum atomic E-state index is -0.133. The van der Waals surface area contributed by atoms with Crippen molar-refractivity contribution in [2.24, 2.45) is 0 Å². The molecule has 4 rings (SSSR count). The summed E-state index contributed by atoms with van der Waals surface area (Å²) < 4.78 is 8.87. The summed E-state index contributed by atoms with van der Waals surface area (Å²) in [6.45, 7) is 4.53. The van der Waals surface area contributed by atoms with Crippen molar-refractivity contribution in [1.82, 2.24) is 14.8 Å². The molecular formula is C21H18BrClN4O2S. The third-order valence-electron chi connectivity index (χ3n) is 4.61. The first-order valence-electron chi connectivity index (χ1n) is 9.26. The van der Waals surface area contributed by atoms with Crippen LogP contribution in [0.2, 0.25) is 5.02 Å². The Morgan fingerprint density at radius 3 is 2.90 bits per heavy atom. The molecule has 0 saturated heterocycles. The average Bonchev–Trinajstić information content (AvgIpc) is 3.32. The van der Waals surface area contributed by atoms with Crippen LogP contribution in [0.15, 0.2) is 56.5 Å². The summed E-state index contributed by atoms with van der Waals surface area (Å²) >= 11 is 10.9. The second-order valence-corrected chi connectivity index (χ2v) is 8.86. The van der Waals surface area contributed by atoms with Crippen LogP contribution in [0.25, 0.3) is 22.6 Å². The molecule has 0 aliphatic rings. The van der Waals surface area contributed by atoms with Gasteiger partial charge in [-0.2, -0.15) is 0 Å². The number of carbonyl (C=O) groups is 1. The lowest BCUT2D eigenvalue weighted by atomic mass is 10.2. The summed E-state index contributed by atoms with van der Waals surface area (Å²) in [5, 5.41) is 13.7. The van der Waals surface area contributed by atoms with Gasteiger partial charge in [-0.25, -0.2) is 0 Å². The van der Waals surface area contributed by atoms with Gasteiger partial charge in [-0.1, -0.05) is 45.4 Å². The van der Waals surface area contributed by atoms with Gasteiger partial charge in [-0.15, -0.1) is 10.2 Å². The molecule has 1 N–H and O–H groups in total. The molecule has 0 unspecified atom stereocenters. The number of halogens is 2. The van der Waals surface area contributed by atoms with Crippen LogP contribution >= 0.6 is 39.3 Å². The van der Waals surface area contributed by atoms with Crippen LogP contribution in [0.4, 0.5) is 5.69 Å². The molecule has 4 aromatic rings. The van der Waals surface area contributed by atoms with E-state index in [1.165, 1.54) is 11.8 Å². The molecule has 154 valence electrons. The van der Waals surface area contributed by atoms with Gasteiger partial charge >= 0.3 is 0 Å². The smallest absolute Gasteiger partial charge is 0.234 e. The summed E-state index contributed by atoms with van der Waals surface area (Å²) in [4.78, 5) is 12.4. The van der Waals surface area contributed by atoms with Crippen molar-refractivity contribution in [3.05, 3.63) is 57.5 Å². The Hall–Kier alpha value is -2.29. The van der Waals surface area contributed by atoms with Gasteiger partial charge in [-0.05, 0) is 55.8 Å². The van der Waals surface area contributed by atoms with Crippen molar-refractivity contribution in [2.45, 2.75) is 25.5 Å². The fourth-order valence-electron chi connectivity index (χ4n) is 3.05. The Balaban J connectivity index is 1.50. The van der Waals surface area contributed by atoms with Gasteiger partial charge in [0.05, 0.1) is 5.75 Å². The number of anilines is 1. The minimum absolute atomic E-state index is 0.133. The van der Waals surface area contributed by atoms with Gasteiger partial charge in [-0.3, -0.25) is 9.36 Å². The zero-order chi connectivity index (χ0) is 21.3. The number of thioether (sulfide) groups is 1.